The first-order valence-electron chi connectivity index (χ1n) is 5.82. The van der Waals surface area contributed by atoms with Gasteiger partial charge in [-0.1, -0.05) is 30.3 Å². The molecule has 1 aromatic carbocycles. The van der Waals surface area contributed by atoms with Gasteiger partial charge in [-0.3, -0.25) is 4.79 Å². The maximum Gasteiger partial charge on any atom is 0.422 e. The number of hydrogen-bond acceptors (Lipinski definition) is 3. The van der Waals surface area contributed by atoms with Gasteiger partial charge < -0.3 is 10.1 Å². The van der Waals surface area contributed by atoms with E-state index in [4.69, 9.17) is 0 Å². The lowest BCUT2D eigenvalue weighted by Crippen LogP contribution is -2.43. The Bertz CT molecular complexity index is 460. The van der Waals surface area contributed by atoms with E-state index in [1.165, 1.54) is 6.92 Å². The van der Waals surface area contributed by atoms with Crippen molar-refractivity contribution in [3.63, 3.8) is 0 Å². The molecule has 4 nitrogen and oxygen atoms in total. The van der Waals surface area contributed by atoms with Crippen molar-refractivity contribution in [1.82, 2.24) is 5.32 Å². The Balaban J connectivity index is 2.68. The molecule has 0 saturated carbocycles. The Labute approximate surface area is 113 Å². The molecule has 1 atom stereocenters. The van der Waals surface area contributed by atoms with Gasteiger partial charge >= 0.3 is 12.1 Å². The highest BCUT2D eigenvalue weighted by atomic mass is 19.4. The number of ether oxygens (including phenoxy) is 1. The van der Waals surface area contributed by atoms with Gasteiger partial charge in [-0.15, -0.1) is 0 Å². The Morgan fingerprint density at radius 2 is 1.85 bits per heavy atom. The molecule has 0 bridgehead atoms. The van der Waals surface area contributed by atoms with Gasteiger partial charge in [0.15, 0.2) is 6.61 Å². The van der Waals surface area contributed by atoms with Crippen LogP contribution in [-0.4, -0.2) is 30.7 Å². The molecule has 0 saturated heterocycles. The van der Waals surface area contributed by atoms with E-state index >= 15 is 0 Å². The molecular formula is C13H14F3NO3. The zero-order chi connectivity index (χ0) is 15.2. The van der Waals surface area contributed by atoms with Crippen molar-refractivity contribution in [2.45, 2.75) is 25.6 Å². The first kappa shape index (κ1) is 16.0. The van der Waals surface area contributed by atoms with Crippen LogP contribution in [0.4, 0.5) is 13.2 Å². The molecule has 0 aromatic heterocycles. The molecule has 0 radical (unpaired) electrons. The van der Waals surface area contributed by atoms with Crippen LogP contribution < -0.4 is 5.32 Å². The zero-order valence-electron chi connectivity index (χ0n) is 10.7. The summed E-state index contributed by atoms with van der Waals surface area (Å²) in [5.74, 6) is -1.63. The lowest BCUT2D eigenvalue weighted by atomic mass is 10.1. The van der Waals surface area contributed by atoms with E-state index in [1.54, 1.807) is 30.3 Å². The molecule has 1 aromatic rings. The van der Waals surface area contributed by atoms with Crippen LogP contribution in [0.3, 0.4) is 0 Å². The van der Waals surface area contributed by atoms with E-state index in [0.717, 1.165) is 0 Å². The van der Waals surface area contributed by atoms with Gasteiger partial charge in [0.1, 0.15) is 6.04 Å². The Hall–Kier alpha value is -2.05. The third-order valence-electron chi connectivity index (χ3n) is 2.32. The minimum Gasteiger partial charge on any atom is -0.454 e. The molecule has 0 aliphatic carbocycles. The number of nitrogens with one attached hydrogen (secondary N) is 1. The molecule has 1 N–H and O–H groups in total. The van der Waals surface area contributed by atoms with Crippen LogP contribution in [0.2, 0.25) is 0 Å². The van der Waals surface area contributed by atoms with Crippen LogP contribution >= 0.6 is 0 Å². The van der Waals surface area contributed by atoms with Crippen molar-refractivity contribution >= 4 is 11.9 Å². The van der Waals surface area contributed by atoms with E-state index in [9.17, 15) is 22.8 Å². The summed E-state index contributed by atoms with van der Waals surface area (Å²) >= 11 is 0. The minimum absolute atomic E-state index is 0.0666. The molecule has 7 heteroatoms. The lowest BCUT2D eigenvalue weighted by Gasteiger charge is -2.17. The van der Waals surface area contributed by atoms with Crippen molar-refractivity contribution in [2.24, 2.45) is 0 Å². The van der Waals surface area contributed by atoms with Gasteiger partial charge in [-0.05, 0) is 5.56 Å². The van der Waals surface area contributed by atoms with Crippen molar-refractivity contribution in [2.75, 3.05) is 6.61 Å². The van der Waals surface area contributed by atoms with E-state index in [2.05, 4.69) is 10.1 Å². The number of benzene rings is 1. The summed E-state index contributed by atoms with van der Waals surface area (Å²) in [7, 11) is 0. The number of halogens is 3. The van der Waals surface area contributed by atoms with Crippen molar-refractivity contribution in [3.05, 3.63) is 35.9 Å². The SMILES string of the molecule is CC(=O)N[C@@H](Cc1ccccc1)C(=O)OCC(F)(F)F. The van der Waals surface area contributed by atoms with Gasteiger partial charge in [0.05, 0.1) is 0 Å². The molecule has 0 heterocycles. The molecule has 110 valence electrons. The van der Waals surface area contributed by atoms with Gasteiger partial charge in [0, 0.05) is 13.3 Å². The van der Waals surface area contributed by atoms with Gasteiger partial charge in [-0.25, -0.2) is 4.79 Å². The predicted octanol–water partition coefficient (Wildman–Crippen LogP) is 1.84. The fourth-order valence-electron chi connectivity index (χ4n) is 1.54. The molecule has 20 heavy (non-hydrogen) atoms. The second kappa shape index (κ2) is 6.93. The monoisotopic (exact) mass is 289 g/mol. The summed E-state index contributed by atoms with van der Waals surface area (Å²) < 4.78 is 40.2. The summed E-state index contributed by atoms with van der Waals surface area (Å²) in [4.78, 5) is 22.6. The summed E-state index contributed by atoms with van der Waals surface area (Å²) in [5.41, 5.74) is 0.704. The molecule has 0 spiro atoms. The molecule has 1 rings (SSSR count). The van der Waals surface area contributed by atoms with Gasteiger partial charge in [0.25, 0.3) is 0 Å². The summed E-state index contributed by atoms with van der Waals surface area (Å²) in [6.45, 7) is -0.494. The summed E-state index contributed by atoms with van der Waals surface area (Å²) in [6.07, 6.45) is -4.53. The fraction of sp³-hybridized carbons (Fsp3) is 0.385. The largest absolute Gasteiger partial charge is 0.454 e. The number of esters is 1. The quantitative estimate of drug-likeness (QED) is 0.842. The van der Waals surface area contributed by atoms with Crippen LogP contribution in [0, 0.1) is 0 Å². The average Bonchev–Trinajstić information content (AvgIpc) is 2.35. The van der Waals surface area contributed by atoms with Crippen molar-refractivity contribution in [3.8, 4) is 0 Å². The highest BCUT2D eigenvalue weighted by Crippen LogP contribution is 2.15. The van der Waals surface area contributed by atoms with Crippen molar-refractivity contribution < 1.29 is 27.5 Å². The smallest absolute Gasteiger partial charge is 0.422 e. The first-order valence-corrected chi connectivity index (χ1v) is 5.82. The van der Waals surface area contributed by atoms with Crippen LogP contribution in [0.5, 0.6) is 0 Å². The Morgan fingerprint density at radius 3 is 2.35 bits per heavy atom. The summed E-state index contributed by atoms with van der Waals surface area (Å²) in [5, 5.41) is 2.28. The van der Waals surface area contributed by atoms with Crippen LogP contribution in [0.1, 0.15) is 12.5 Å². The molecule has 0 unspecified atom stereocenters. The number of rotatable bonds is 5. The van der Waals surface area contributed by atoms with Crippen LogP contribution in [0.15, 0.2) is 30.3 Å². The second-order valence-corrected chi connectivity index (χ2v) is 4.17. The number of alkyl halides is 3. The molecule has 0 fully saturated rings. The topological polar surface area (TPSA) is 55.4 Å². The van der Waals surface area contributed by atoms with Gasteiger partial charge in [0.2, 0.25) is 5.91 Å². The van der Waals surface area contributed by atoms with E-state index in [1.807, 2.05) is 0 Å². The fourth-order valence-corrected chi connectivity index (χ4v) is 1.54. The van der Waals surface area contributed by atoms with Crippen molar-refractivity contribution in [1.29, 1.82) is 0 Å². The van der Waals surface area contributed by atoms with Gasteiger partial charge in [-0.2, -0.15) is 13.2 Å². The molecule has 0 aliphatic heterocycles. The second-order valence-electron chi connectivity index (χ2n) is 4.17. The van der Waals surface area contributed by atoms with E-state index in [0.29, 0.717) is 5.56 Å². The Morgan fingerprint density at radius 1 is 1.25 bits per heavy atom. The van der Waals surface area contributed by atoms with E-state index in [-0.39, 0.29) is 6.42 Å². The molecular weight excluding hydrogens is 275 g/mol. The lowest BCUT2D eigenvalue weighted by molar-refractivity contribution is -0.187. The maximum absolute atomic E-state index is 12.0. The number of carbonyl (C=O) groups is 2. The maximum atomic E-state index is 12.0. The highest BCUT2D eigenvalue weighted by molar-refractivity contribution is 5.83. The average molecular weight is 289 g/mol. The number of hydrogen-bond donors (Lipinski definition) is 1. The zero-order valence-corrected chi connectivity index (χ0v) is 10.7. The third kappa shape index (κ3) is 6.21. The van der Waals surface area contributed by atoms with Crippen LogP contribution in [-0.2, 0) is 20.7 Å². The highest BCUT2D eigenvalue weighted by Gasteiger charge is 2.31. The normalized spacial score (nSPS) is 12.6. The molecule has 1 amide bonds. The predicted molar refractivity (Wildman–Crippen MR) is 64.8 cm³/mol. The summed E-state index contributed by atoms with van der Waals surface area (Å²) in [6, 6.07) is 7.47. The first-order chi connectivity index (χ1) is 9.28. The number of carbonyl (C=O) groups excluding carboxylic acids is 2. The third-order valence-corrected chi connectivity index (χ3v) is 2.32. The van der Waals surface area contributed by atoms with E-state index < -0.39 is 30.7 Å². The minimum atomic E-state index is -4.59. The Kier molecular flexibility index (Phi) is 5.54. The number of amides is 1. The molecule has 0 aliphatic rings. The standard InChI is InChI=1S/C13H14F3NO3/c1-9(18)17-11(7-10-5-3-2-4-6-10)12(19)20-8-13(14,15)16/h2-6,11H,7-8H2,1H3,(H,17,18)/t11-/m0/s1. The van der Waals surface area contributed by atoms with Crippen LogP contribution in [0.25, 0.3) is 0 Å².